The molecule has 8 bridgehead atoms. The molecule has 330 valence electrons. The largest absolute Gasteiger partial charge is 0.489 e. The van der Waals surface area contributed by atoms with Gasteiger partial charge in [-0.15, -0.1) is 0 Å². The Morgan fingerprint density at radius 2 is 0.739 bits per heavy atom. The average Bonchev–Trinajstić information content (AvgIpc) is 4.23. The first-order chi connectivity index (χ1) is 33.7. The van der Waals surface area contributed by atoms with Crippen LogP contribution in [0.25, 0.3) is 90.9 Å². The summed E-state index contributed by atoms with van der Waals surface area (Å²) in [5.74, 6) is 0.370. The van der Waals surface area contributed by atoms with E-state index in [1.807, 2.05) is 18.2 Å². The normalized spacial score (nSPS) is 12.6. The van der Waals surface area contributed by atoms with E-state index in [0.29, 0.717) is 28.0 Å². The summed E-state index contributed by atoms with van der Waals surface area (Å²) in [4.78, 5) is 45.3. The zero-order chi connectivity index (χ0) is 46.8. The maximum atomic E-state index is 13.5. The predicted molar refractivity (Wildman–Crippen MR) is 279 cm³/mol. The second-order valence-corrected chi connectivity index (χ2v) is 18.0. The molecule has 0 radical (unpaired) electrons. The van der Waals surface area contributed by atoms with Crippen LogP contribution in [0.15, 0.2) is 164 Å². The Labute approximate surface area is 399 Å². The fourth-order valence-corrected chi connectivity index (χ4v) is 9.70. The van der Waals surface area contributed by atoms with Crippen molar-refractivity contribution in [2.75, 3.05) is 0 Å². The molecule has 0 saturated carbocycles. The van der Waals surface area contributed by atoms with Gasteiger partial charge in [0.1, 0.15) is 12.4 Å². The number of carbonyl (C=O) groups excluding carboxylic acids is 2. The van der Waals surface area contributed by atoms with E-state index < -0.39 is 0 Å². The van der Waals surface area contributed by atoms with E-state index >= 15 is 0 Å². The zero-order valence-electron chi connectivity index (χ0n) is 38.2. The van der Waals surface area contributed by atoms with Crippen LogP contribution in [-0.4, -0.2) is 31.5 Å². The van der Waals surface area contributed by atoms with E-state index in [1.54, 1.807) is 36.4 Å². The molecule has 0 unspecified atom stereocenters. The molecule has 69 heavy (non-hydrogen) atoms. The first-order valence-electron chi connectivity index (χ1n) is 23.1. The number of nitrogens with zero attached hydrogens (tertiary/aromatic N) is 2. The summed E-state index contributed by atoms with van der Waals surface area (Å²) in [6.45, 7) is 6.53. The van der Waals surface area contributed by atoms with Gasteiger partial charge in [0, 0.05) is 66.6 Å². The number of aromatic nitrogens is 4. The Morgan fingerprint density at radius 1 is 0.391 bits per heavy atom. The molecule has 2 N–H and O–H groups in total. The summed E-state index contributed by atoms with van der Waals surface area (Å²) in [5, 5.41) is 0. The second-order valence-electron chi connectivity index (χ2n) is 18.0. The lowest BCUT2D eigenvalue weighted by Crippen LogP contribution is -2.21. The van der Waals surface area contributed by atoms with Crippen LogP contribution < -0.4 is 4.74 Å². The number of ketones is 2. The van der Waals surface area contributed by atoms with Crippen LogP contribution in [0.1, 0.15) is 76.9 Å². The number of rotatable bonds is 7. The molecule has 0 fully saturated rings. The van der Waals surface area contributed by atoms with E-state index in [9.17, 15) is 9.59 Å². The summed E-state index contributed by atoms with van der Waals surface area (Å²) in [6.07, 6.45) is 8.46. The van der Waals surface area contributed by atoms with Crippen molar-refractivity contribution in [1.29, 1.82) is 0 Å². The van der Waals surface area contributed by atoms with E-state index in [2.05, 4.69) is 164 Å². The highest BCUT2D eigenvalue weighted by atomic mass is 16.5. The number of ether oxygens (including phenoxy) is 1. The first kappa shape index (κ1) is 41.5. The van der Waals surface area contributed by atoms with Crippen molar-refractivity contribution < 1.29 is 14.3 Å². The topological polar surface area (TPSA) is 101 Å². The van der Waals surface area contributed by atoms with Crippen molar-refractivity contribution in [3.63, 3.8) is 0 Å². The van der Waals surface area contributed by atoms with Crippen molar-refractivity contribution in [3.05, 3.63) is 231 Å². The minimum Gasteiger partial charge on any atom is -0.489 e. The van der Waals surface area contributed by atoms with Crippen molar-refractivity contribution in [2.45, 2.75) is 27.4 Å². The van der Waals surface area contributed by atoms with Crippen LogP contribution in [0.4, 0.5) is 0 Å². The standard InChI is InChI=1S/C62H44N4O3/c1-36-8-15-40(16-9-36)57-49-26-28-51(63-49)58(41-17-10-37(2)11-18-41)53-30-32-55(65-53)60(56-33-31-54(66-56)59(52-29-27-50(57)64-52)42-19-12-38(3)13-20-42)43-21-23-44(24-22-43)69-35-39-14-25-47-48(34-39)62(68)46-7-5-4-6-45(46)61(47)67/h4-34,63,66H,35H2,1-3H3. The van der Waals surface area contributed by atoms with Gasteiger partial charge < -0.3 is 14.7 Å². The van der Waals surface area contributed by atoms with Crippen molar-refractivity contribution in [3.8, 4) is 50.3 Å². The number of nitrogens with one attached hydrogen (secondary N) is 2. The van der Waals surface area contributed by atoms with Crippen LogP contribution in [0.3, 0.4) is 0 Å². The van der Waals surface area contributed by atoms with Gasteiger partial charge in [-0.25, -0.2) is 9.97 Å². The fraction of sp³-hybridized carbons (Fsp3) is 0.0645. The molecule has 3 aliphatic rings. The Bertz CT molecular complexity index is 3770. The molecule has 7 heteroatoms. The molecular weight excluding hydrogens is 849 g/mol. The lowest BCUT2D eigenvalue weighted by Gasteiger charge is -2.18. The number of hydrogen-bond acceptors (Lipinski definition) is 5. The molecule has 0 atom stereocenters. The molecule has 2 aliphatic heterocycles. The third-order valence-corrected chi connectivity index (χ3v) is 13.3. The Hall–Kier alpha value is -8.94. The van der Waals surface area contributed by atoms with Crippen LogP contribution in [-0.2, 0) is 6.61 Å². The number of H-pyrrole nitrogens is 2. The SMILES string of the molecule is Cc1ccc(-c2c3nc(c(-c4ccc(C)cc4)c4ccc([nH]4)c(-c4ccc(OCc5ccc6c(c5)C(=O)c5ccccc5C6=O)cc4)c4nc(c(-c5ccc(C)cc5)c5ccc2[nH]5)C=C4)C=C3)cc1. The number of aryl methyl sites for hydroxylation is 3. The van der Waals surface area contributed by atoms with Crippen molar-refractivity contribution >= 4 is 57.9 Å². The Morgan fingerprint density at radius 3 is 1.13 bits per heavy atom. The third kappa shape index (κ3) is 7.51. The predicted octanol–water partition coefficient (Wildman–Crippen LogP) is 14.6. The van der Waals surface area contributed by atoms with E-state index in [0.717, 1.165) is 94.9 Å². The molecule has 3 aromatic heterocycles. The van der Waals surface area contributed by atoms with Crippen molar-refractivity contribution in [1.82, 2.24) is 19.9 Å². The van der Waals surface area contributed by atoms with E-state index in [-0.39, 0.29) is 18.2 Å². The molecule has 12 rings (SSSR count). The maximum Gasteiger partial charge on any atom is 0.194 e. The van der Waals surface area contributed by atoms with Crippen molar-refractivity contribution in [2.24, 2.45) is 0 Å². The minimum absolute atomic E-state index is 0.139. The van der Waals surface area contributed by atoms with Crippen LogP contribution in [0, 0.1) is 20.8 Å². The Kier molecular flexibility index (Phi) is 10.1. The first-order valence-corrected chi connectivity index (χ1v) is 23.1. The quantitative estimate of drug-likeness (QED) is 0.166. The average molecular weight is 893 g/mol. The number of carbonyl (C=O) groups is 2. The molecule has 1 aliphatic carbocycles. The summed E-state index contributed by atoms with van der Waals surface area (Å²) in [6, 6.07) is 54.8. The lowest BCUT2D eigenvalue weighted by atomic mass is 9.83. The van der Waals surface area contributed by atoms with E-state index in [4.69, 9.17) is 14.7 Å². The summed E-state index contributed by atoms with van der Waals surface area (Å²) in [5.41, 5.74) is 21.1. The molecule has 0 spiro atoms. The lowest BCUT2D eigenvalue weighted by molar-refractivity contribution is 0.0979. The number of fused-ring (bicyclic) bond motifs is 10. The number of hydrogen-bond donors (Lipinski definition) is 2. The van der Waals surface area contributed by atoms with Gasteiger partial charge in [-0.1, -0.05) is 132 Å². The van der Waals surface area contributed by atoms with Gasteiger partial charge in [0.15, 0.2) is 11.6 Å². The van der Waals surface area contributed by atoms with Gasteiger partial charge in [-0.2, -0.15) is 0 Å². The molecular formula is C62H44N4O3. The van der Waals surface area contributed by atoms with Gasteiger partial charge in [0.25, 0.3) is 0 Å². The summed E-state index contributed by atoms with van der Waals surface area (Å²) in [7, 11) is 0. The Balaban J connectivity index is 1.03. The third-order valence-electron chi connectivity index (χ3n) is 13.3. The highest BCUT2D eigenvalue weighted by molar-refractivity contribution is 6.28. The van der Waals surface area contributed by atoms with Crippen LogP contribution in [0.5, 0.6) is 5.75 Å². The molecule has 0 saturated heterocycles. The number of benzene rings is 6. The molecule has 6 aromatic carbocycles. The van der Waals surface area contributed by atoms with Gasteiger partial charge in [-0.3, -0.25) is 9.59 Å². The minimum atomic E-state index is -0.152. The van der Waals surface area contributed by atoms with Gasteiger partial charge >= 0.3 is 0 Å². The fourth-order valence-electron chi connectivity index (χ4n) is 9.70. The van der Waals surface area contributed by atoms with Gasteiger partial charge in [0.2, 0.25) is 0 Å². The molecule has 7 nitrogen and oxygen atoms in total. The molecule has 9 aromatic rings. The summed E-state index contributed by atoms with van der Waals surface area (Å²) < 4.78 is 6.34. The smallest absolute Gasteiger partial charge is 0.194 e. The maximum absolute atomic E-state index is 13.5. The highest BCUT2D eigenvalue weighted by Gasteiger charge is 2.29. The summed E-state index contributed by atoms with van der Waals surface area (Å²) >= 11 is 0. The molecule has 0 amide bonds. The molecule has 5 heterocycles. The van der Waals surface area contributed by atoms with Crippen LogP contribution in [0.2, 0.25) is 0 Å². The zero-order valence-corrected chi connectivity index (χ0v) is 38.2. The van der Waals surface area contributed by atoms with Crippen LogP contribution >= 0.6 is 0 Å². The van der Waals surface area contributed by atoms with Gasteiger partial charge in [0.05, 0.1) is 22.8 Å². The monoisotopic (exact) mass is 892 g/mol. The second kappa shape index (κ2) is 16.7. The highest BCUT2D eigenvalue weighted by Crippen LogP contribution is 2.39. The van der Waals surface area contributed by atoms with Gasteiger partial charge in [-0.05, 0) is 121 Å². The number of aromatic amines is 2. The van der Waals surface area contributed by atoms with E-state index in [1.165, 1.54) is 16.7 Å².